The van der Waals surface area contributed by atoms with Gasteiger partial charge in [-0.1, -0.05) is 13.8 Å². The van der Waals surface area contributed by atoms with E-state index in [-0.39, 0.29) is 0 Å². The minimum absolute atomic E-state index is 0.323. The number of thioether (sulfide) groups is 1. The summed E-state index contributed by atoms with van der Waals surface area (Å²) in [6.07, 6.45) is -0.224. The van der Waals surface area contributed by atoms with Crippen molar-refractivity contribution in [3.8, 4) is 0 Å². The fraction of sp³-hybridized carbons (Fsp3) is 0.889. The quantitative estimate of drug-likeness (QED) is 0.725. The Labute approximate surface area is 82.5 Å². The SMILES string of the molecule is CC(C)(C1CCSC1)C(O)C(=O)O. The van der Waals surface area contributed by atoms with E-state index in [1.54, 1.807) is 0 Å². The molecule has 0 aromatic carbocycles. The highest BCUT2D eigenvalue weighted by molar-refractivity contribution is 7.99. The Hall–Kier alpha value is -0.220. The Kier molecular flexibility index (Phi) is 3.24. The third-order valence-corrected chi connectivity index (χ3v) is 4.08. The molecule has 3 nitrogen and oxygen atoms in total. The second-order valence-corrected chi connectivity index (χ2v) is 5.27. The largest absolute Gasteiger partial charge is 0.479 e. The number of carboxylic acid groups (broad SMARTS) is 1. The van der Waals surface area contributed by atoms with Gasteiger partial charge in [0.05, 0.1) is 0 Å². The van der Waals surface area contributed by atoms with Crippen LogP contribution >= 0.6 is 11.8 Å². The van der Waals surface area contributed by atoms with Crippen LogP contribution in [0.4, 0.5) is 0 Å². The second-order valence-electron chi connectivity index (χ2n) is 4.12. The molecule has 1 rings (SSSR count). The highest BCUT2D eigenvalue weighted by atomic mass is 32.2. The molecule has 13 heavy (non-hydrogen) atoms. The van der Waals surface area contributed by atoms with Crippen LogP contribution in [-0.2, 0) is 4.79 Å². The van der Waals surface area contributed by atoms with Crippen molar-refractivity contribution in [3.05, 3.63) is 0 Å². The van der Waals surface area contributed by atoms with E-state index in [1.165, 1.54) is 0 Å². The van der Waals surface area contributed by atoms with E-state index >= 15 is 0 Å². The average Bonchev–Trinajstić information content (AvgIpc) is 2.54. The Morgan fingerprint density at radius 1 is 1.62 bits per heavy atom. The van der Waals surface area contributed by atoms with E-state index in [0.29, 0.717) is 5.92 Å². The molecule has 0 radical (unpaired) electrons. The first-order valence-electron chi connectivity index (χ1n) is 4.45. The van der Waals surface area contributed by atoms with Crippen molar-refractivity contribution in [2.45, 2.75) is 26.4 Å². The molecule has 0 spiro atoms. The summed E-state index contributed by atoms with van der Waals surface area (Å²) in [5, 5.41) is 18.2. The van der Waals surface area contributed by atoms with Gasteiger partial charge in [0.25, 0.3) is 0 Å². The number of aliphatic carboxylic acids is 1. The van der Waals surface area contributed by atoms with Gasteiger partial charge in [0.15, 0.2) is 6.10 Å². The van der Waals surface area contributed by atoms with Crippen molar-refractivity contribution < 1.29 is 15.0 Å². The standard InChI is InChI=1S/C9H16O3S/c1-9(2,7(10)8(11)12)6-3-4-13-5-6/h6-7,10H,3-5H2,1-2H3,(H,11,12). The first-order valence-corrected chi connectivity index (χ1v) is 5.60. The molecular weight excluding hydrogens is 188 g/mol. The number of rotatable bonds is 3. The van der Waals surface area contributed by atoms with Crippen LogP contribution in [0.15, 0.2) is 0 Å². The molecule has 0 aromatic rings. The molecule has 0 amide bonds. The van der Waals surface area contributed by atoms with Gasteiger partial charge in [0.1, 0.15) is 0 Å². The molecule has 76 valence electrons. The number of carbonyl (C=O) groups is 1. The van der Waals surface area contributed by atoms with Gasteiger partial charge in [0, 0.05) is 5.41 Å². The summed E-state index contributed by atoms with van der Waals surface area (Å²) in [5.41, 5.74) is -0.505. The Balaban J connectivity index is 2.67. The highest BCUT2D eigenvalue weighted by Gasteiger charge is 2.41. The molecule has 1 saturated heterocycles. The molecular formula is C9H16O3S. The van der Waals surface area contributed by atoms with Crippen LogP contribution in [-0.4, -0.2) is 33.8 Å². The van der Waals surface area contributed by atoms with Gasteiger partial charge in [0.2, 0.25) is 0 Å². The lowest BCUT2D eigenvalue weighted by atomic mass is 9.74. The van der Waals surface area contributed by atoms with Gasteiger partial charge in [-0.15, -0.1) is 0 Å². The molecule has 2 atom stereocenters. The van der Waals surface area contributed by atoms with Gasteiger partial charge >= 0.3 is 5.97 Å². The zero-order valence-electron chi connectivity index (χ0n) is 7.99. The molecule has 0 aromatic heterocycles. The predicted molar refractivity (Wildman–Crippen MR) is 52.9 cm³/mol. The smallest absolute Gasteiger partial charge is 0.333 e. The summed E-state index contributed by atoms with van der Waals surface area (Å²) < 4.78 is 0. The lowest BCUT2D eigenvalue weighted by Crippen LogP contribution is -2.42. The Morgan fingerprint density at radius 3 is 2.62 bits per heavy atom. The Morgan fingerprint density at radius 2 is 2.23 bits per heavy atom. The topological polar surface area (TPSA) is 57.5 Å². The van der Waals surface area contributed by atoms with Crippen molar-refractivity contribution >= 4 is 17.7 Å². The van der Waals surface area contributed by atoms with Crippen LogP contribution in [0.1, 0.15) is 20.3 Å². The van der Waals surface area contributed by atoms with Crippen molar-refractivity contribution in [1.29, 1.82) is 0 Å². The predicted octanol–water partition coefficient (Wildman–Crippen LogP) is 1.21. The average molecular weight is 204 g/mol. The van der Waals surface area contributed by atoms with Crippen LogP contribution in [0.3, 0.4) is 0 Å². The molecule has 1 heterocycles. The molecule has 4 heteroatoms. The fourth-order valence-electron chi connectivity index (χ4n) is 1.66. The molecule has 1 fully saturated rings. The van der Waals surface area contributed by atoms with Crippen molar-refractivity contribution in [3.63, 3.8) is 0 Å². The zero-order valence-corrected chi connectivity index (χ0v) is 8.80. The van der Waals surface area contributed by atoms with Crippen molar-refractivity contribution in [1.82, 2.24) is 0 Å². The van der Waals surface area contributed by atoms with Crippen LogP contribution in [0.25, 0.3) is 0 Å². The minimum Gasteiger partial charge on any atom is -0.479 e. The van der Waals surface area contributed by atoms with E-state index in [9.17, 15) is 9.90 Å². The number of hydrogen-bond acceptors (Lipinski definition) is 3. The number of aliphatic hydroxyl groups excluding tert-OH is 1. The summed E-state index contributed by atoms with van der Waals surface area (Å²) in [5.74, 6) is 1.27. The fourth-order valence-corrected chi connectivity index (χ4v) is 3.16. The number of hydrogen-bond donors (Lipinski definition) is 2. The van der Waals surface area contributed by atoms with Gasteiger partial charge in [-0.05, 0) is 23.8 Å². The summed E-state index contributed by atoms with van der Waals surface area (Å²) in [7, 11) is 0. The summed E-state index contributed by atoms with van der Waals surface area (Å²) in [6, 6.07) is 0. The number of carboxylic acids is 1. The van der Waals surface area contributed by atoms with Gasteiger partial charge in [-0.3, -0.25) is 0 Å². The van der Waals surface area contributed by atoms with Crippen LogP contribution < -0.4 is 0 Å². The molecule has 0 saturated carbocycles. The maximum absolute atomic E-state index is 10.6. The molecule has 1 aliphatic heterocycles. The Bertz CT molecular complexity index is 197. The monoisotopic (exact) mass is 204 g/mol. The van der Waals surface area contributed by atoms with Crippen LogP contribution in [0.5, 0.6) is 0 Å². The lowest BCUT2D eigenvalue weighted by molar-refractivity contribution is -0.155. The normalized spacial score (nSPS) is 25.9. The van der Waals surface area contributed by atoms with E-state index in [0.717, 1.165) is 17.9 Å². The first-order chi connectivity index (χ1) is 5.96. The first kappa shape index (κ1) is 10.9. The summed E-state index contributed by atoms with van der Waals surface area (Å²) >= 11 is 1.83. The molecule has 2 unspecified atom stereocenters. The maximum Gasteiger partial charge on any atom is 0.333 e. The minimum atomic E-state index is -1.24. The van der Waals surface area contributed by atoms with E-state index in [4.69, 9.17) is 5.11 Å². The van der Waals surface area contributed by atoms with E-state index in [1.807, 2.05) is 25.6 Å². The van der Waals surface area contributed by atoms with Gasteiger partial charge < -0.3 is 10.2 Å². The van der Waals surface area contributed by atoms with Crippen molar-refractivity contribution in [2.75, 3.05) is 11.5 Å². The van der Waals surface area contributed by atoms with Gasteiger partial charge in [-0.25, -0.2) is 4.79 Å². The molecule has 0 bridgehead atoms. The summed E-state index contributed by atoms with van der Waals surface area (Å²) in [4.78, 5) is 10.6. The van der Waals surface area contributed by atoms with Crippen LogP contribution in [0, 0.1) is 11.3 Å². The summed E-state index contributed by atoms with van der Waals surface area (Å²) in [6.45, 7) is 3.67. The number of aliphatic hydroxyl groups is 1. The zero-order chi connectivity index (χ0) is 10.1. The van der Waals surface area contributed by atoms with Crippen LogP contribution in [0.2, 0.25) is 0 Å². The maximum atomic E-state index is 10.6. The van der Waals surface area contributed by atoms with Crippen molar-refractivity contribution in [2.24, 2.45) is 11.3 Å². The third kappa shape index (κ3) is 2.17. The molecule has 1 aliphatic rings. The third-order valence-electron chi connectivity index (χ3n) is 2.92. The molecule has 0 aliphatic carbocycles. The highest BCUT2D eigenvalue weighted by Crippen LogP contribution is 2.40. The van der Waals surface area contributed by atoms with Gasteiger partial charge in [-0.2, -0.15) is 11.8 Å². The molecule has 2 N–H and O–H groups in total. The lowest BCUT2D eigenvalue weighted by Gasteiger charge is -2.33. The van der Waals surface area contributed by atoms with E-state index in [2.05, 4.69) is 0 Å². The second kappa shape index (κ2) is 3.88. The van der Waals surface area contributed by atoms with E-state index < -0.39 is 17.5 Å².